The highest BCUT2D eigenvalue weighted by atomic mass is 35.5. The molecular weight excluding hydrogens is 198 g/mol. The molecular formula is C11H22ClNO. The zero-order valence-corrected chi connectivity index (χ0v) is 9.91. The first-order valence-corrected chi connectivity index (χ1v) is 6.12. The van der Waals surface area contributed by atoms with Gasteiger partial charge in [0.05, 0.1) is 0 Å². The molecule has 0 aliphatic heterocycles. The molecule has 3 heteroatoms. The maximum absolute atomic E-state index is 5.76. The van der Waals surface area contributed by atoms with Gasteiger partial charge in [-0.2, -0.15) is 0 Å². The van der Waals surface area contributed by atoms with E-state index in [0.717, 1.165) is 32.0 Å². The first-order valence-electron chi connectivity index (χ1n) is 5.59. The van der Waals surface area contributed by atoms with E-state index in [1.807, 2.05) is 0 Å². The summed E-state index contributed by atoms with van der Waals surface area (Å²) in [6.45, 7) is 3.16. The van der Waals surface area contributed by atoms with Crippen molar-refractivity contribution in [2.75, 3.05) is 32.7 Å². The SMILES string of the molecule is COCCCCNCC1(CCCl)CC1. The van der Waals surface area contributed by atoms with Crippen molar-refractivity contribution in [2.45, 2.75) is 32.1 Å². The lowest BCUT2D eigenvalue weighted by molar-refractivity contribution is 0.192. The van der Waals surface area contributed by atoms with Crippen LogP contribution in [0.5, 0.6) is 0 Å². The van der Waals surface area contributed by atoms with Crippen molar-refractivity contribution < 1.29 is 4.74 Å². The van der Waals surface area contributed by atoms with Crippen LogP contribution in [0.3, 0.4) is 0 Å². The van der Waals surface area contributed by atoms with E-state index in [0.29, 0.717) is 5.41 Å². The summed E-state index contributed by atoms with van der Waals surface area (Å²) in [5.74, 6) is 0.811. The van der Waals surface area contributed by atoms with Gasteiger partial charge < -0.3 is 10.1 Å². The highest BCUT2D eigenvalue weighted by Gasteiger charge is 2.40. The molecule has 0 aromatic heterocycles. The van der Waals surface area contributed by atoms with Crippen molar-refractivity contribution in [1.29, 1.82) is 0 Å². The second-order valence-electron chi connectivity index (χ2n) is 4.32. The van der Waals surface area contributed by atoms with Gasteiger partial charge in [0.2, 0.25) is 0 Å². The quantitative estimate of drug-likeness (QED) is 0.475. The van der Waals surface area contributed by atoms with Crippen molar-refractivity contribution in [2.24, 2.45) is 5.41 Å². The van der Waals surface area contributed by atoms with Gasteiger partial charge in [0.15, 0.2) is 0 Å². The van der Waals surface area contributed by atoms with E-state index in [2.05, 4.69) is 5.32 Å². The number of rotatable bonds is 9. The second kappa shape index (κ2) is 6.65. The fourth-order valence-electron chi connectivity index (χ4n) is 1.74. The molecule has 2 nitrogen and oxygen atoms in total. The molecule has 0 unspecified atom stereocenters. The Kier molecular flexibility index (Phi) is 5.83. The number of hydrogen-bond donors (Lipinski definition) is 1. The molecule has 0 spiro atoms. The largest absolute Gasteiger partial charge is 0.385 e. The Hall–Kier alpha value is 0.210. The normalized spacial score (nSPS) is 18.4. The van der Waals surface area contributed by atoms with Crippen LogP contribution in [-0.4, -0.2) is 32.7 Å². The zero-order chi connectivity index (χ0) is 10.3. The van der Waals surface area contributed by atoms with Crippen molar-refractivity contribution in [1.82, 2.24) is 5.32 Å². The number of unbranched alkanes of at least 4 members (excludes halogenated alkanes) is 1. The minimum absolute atomic E-state index is 0.572. The van der Waals surface area contributed by atoms with Crippen LogP contribution in [0.25, 0.3) is 0 Å². The minimum Gasteiger partial charge on any atom is -0.385 e. The fraction of sp³-hybridized carbons (Fsp3) is 1.00. The predicted molar refractivity (Wildman–Crippen MR) is 61.0 cm³/mol. The molecule has 1 saturated carbocycles. The average molecular weight is 220 g/mol. The Labute approximate surface area is 92.3 Å². The van der Waals surface area contributed by atoms with Gasteiger partial charge in [0.25, 0.3) is 0 Å². The third-order valence-corrected chi connectivity index (χ3v) is 3.22. The first-order chi connectivity index (χ1) is 6.83. The van der Waals surface area contributed by atoms with Crippen LogP contribution in [0.4, 0.5) is 0 Å². The molecule has 0 heterocycles. The van der Waals surface area contributed by atoms with Crippen molar-refractivity contribution >= 4 is 11.6 Å². The molecule has 0 aromatic rings. The maximum Gasteiger partial charge on any atom is 0.0462 e. The van der Waals surface area contributed by atoms with Crippen LogP contribution < -0.4 is 5.32 Å². The van der Waals surface area contributed by atoms with Crippen LogP contribution in [0.15, 0.2) is 0 Å². The molecule has 0 aromatic carbocycles. The Morgan fingerprint density at radius 2 is 2.14 bits per heavy atom. The summed E-state index contributed by atoms with van der Waals surface area (Å²) in [6.07, 6.45) is 6.28. The summed E-state index contributed by atoms with van der Waals surface area (Å²) in [6, 6.07) is 0. The number of nitrogens with one attached hydrogen (secondary N) is 1. The molecule has 0 saturated heterocycles. The summed E-state index contributed by atoms with van der Waals surface area (Å²) in [5, 5.41) is 3.52. The molecule has 1 fully saturated rings. The van der Waals surface area contributed by atoms with E-state index in [4.69, 9.17) is 16.3 Å². The molecule has 1 N–H and O–H groups in total. The molecule has 0 atom stereocenters. The third-order valence-electron chi connectivity index (χ3n) is 3.03. The van der Waals surface area contributed by atoms with Gasteiger partial charge in [-0.3, -0.25) is 0 Å². The van der Waals surface area contributed by atoms with E-state index in [-0.39, 0.29) is 0 Å². The lowest BCUT2D eigenvalue weighted by Crippen LogP contribution is -2.25. The van der Waals surface area contributed by atoms with Crippen LogP contribution in [-0.2, 0) is 4.74 Å². The van der Waals surface area contributed by atoms with Gasteiger partial charge in [-0.25, -0.2) is 0 Å². The van der Waals surface area contributed by atoms with Gasteiger partial charge in [-0.05, 0) is 44.1 Å². The number of methoxy groups -OCH3 is 1. The van der Waals surface area contributed by atoms with Gasteiger partial charge in [-0.1, -0.05) is 0 Å². The second-order valence-corrected chi connectivity index (χ2v) is 4.69. The topological polar surface area (TPSA) is 21.3 Å². The standard InChI is InChI=1S/C11H22ClNO/c1-14-9-3-2-8-13-10-11(4-5-11)6-7-12/h13H,2-10H2,1H3. The predicted octanol–water partition coefficient (Wildman–Crippen LogP) is 2.41. The lowest BCUT2D eigenvalue weighted by Gasteiger charge is -2.14. The maximum atomic E-state index is 5.76. The Bertz CT molecular complexity index is 148. The Morgan fingerprint density at radius 1 is 1.36 bits per heavy atom. The van der Waals surface area contributed by atoms with E-state index in [1.165, 1.54) is 25.7 Å². The van der Waals surface area contributed by atoms with Crippen LogP contribution in [0.2, 0.25) is 0 Å². The van der Waals surface area contributed by atoms with Crippen molar-refractivity contribution in [3.8, 4) is 0 Å². The smallest absolute Gasteiger partial charge is 0.0462 e. The highest BCUT2D eigenvalue weighted by molar-refractivity contribution is 6.17. The summed E-state index contributed by atoms with van der Waals surface area (Å²) < 4.78 is 4.99. The number of hydrogen-bond acceptors (Lipinski definition) is 2. The first kappa shape index (κ1) is 12.3. The lowest BCUT2D eigenvalue weighted by atomic mass is 10.0. The fourth-order valence-corrected chi connectivity index (χ4v) is 2.14. The van der Waals surface area contributed by atoms with Gasteiger partial charge >= 0.3 is 0 Å². The average Bonchev–Trinajstić information content (AvgIpc) is 2.93. The third kappa shape index (κ3) is 4.63. The molecule has 1 rings (SSSR count). The van der Waals surface area contributed by atoms with Gasteiger partial charge in [0.1, 0.15) is 0 Å². The Morgan fingerprint density at radius 3 is 2.71 bits per heavy atom. The molecule has 14 heavy (non-hydrogen) atoms. The number of halogens is 1. The zero-order valence-electron chi connectivity index (χ0n) is 9.15. The minimum atomic E-state index is 0.572. The van der Waals surface area contributed by atoms with Crippen molar-refractivity contribution in [3.63, 3.8) is 0 Å². The molecule has 84 valence electrons. The number of ether oxygens (including phenoxy) is 1. The van der Waals surface area contributed by atoms with Crippen LogP contribution in [0, 0.1) is 5.41 Å². The number of alkyl halides is 1. The van der Waals surface area contributed by atoms with E-state index in [1.54, 1.807) is 7.11 Å². The molecule has 0 amide bonds. The van der Waals surface area contributed by atoms with Gasteiger partial charge in [0, 0.05) is 26.1 Å². The van der Waals surface area contributed by atoms with E-state index < -0.39 is 0 Å². The van der Waals surface area contributed by atoms with E-state index in [9.17, 15) is 0 Å². The summed E-state index contributed by atoms with van der Waals surface area (Å²) in [7, 11) is 1.76. The Balaban J connectivity index is 1.88. The highest BCUT2D eigenvalue weighted by Crippen LogP contribution is 2.48. The summed E-state index contributed by atoms with van der Waals surface area (Å²) in [5.41, 5.74) is 0.572. The molecule has 0 radical (unpaired) electrons. The van der Waals surface area contributed by atoms with Crippen LogP contribution in [0.1, 0.15) is 32.1 Å². The molecule has 1 aliphatic rings. The van der Waals surface area contributed by atoms with Crippen LogP contribution >= 0.6 is 11.6 Å². The molecule has 0 bridgehead atoms. The summed E-state index contributed by atoms with van der Waals surface area (Å²) in [4.78, 5) is 0. The molecule has 1 aliphatic carbocycles. The van der Waals surface area contributed by atoms with Crippen molar-refractivity contribution in [3.05, 3.63) is 0 Å². The monoisotopic (exact) mass is 219 g/mol. The van der Waals surface area contributed by atoms with E-state index >= 15 is 0 Å². The van der Waals surface area contributed by atoms with Gasteiger partial charge in [-0.15, -0.1) is 11.6 Å². The summed E-state index contributed by atoms with van der Waals surface area (Å²) >= 11 is 5.76.